The van der Waals surface area contributed by atoms with E-state index in [0.717, 1.165) is 113 Å². The highest BCUT2D eigenvalue weighted by Gasteiger charge is 2.18. The highest BCUT2D eigenvalue weighted by atomic mass is 15.2. The van der Waals surface area contributed by atoms with Gasteiger partial charge in [-0.2, -0.15) is 0 Å². The van der Waals surface area contributed by atoms with Crippen molar-refractivity contribution in [1.82, 2.24) is 0 Å². The van der Waals surface area contributed by atoms with Gasteiger partial charge in [0.25, 0.3) is 0 Å². The Labute approximate surface area is 558 Å². The predicted molar refractivity (Wildman–Crippen MR) is 403 cm³/mol. The molecule has 4 heteroatoms. The summed E-state index contributed by atoms with van der Waals surface area (Å²) in [5.41, 5.74) is 26.2. The van der Waals surface area contributed by atoms with E-state index in [-0.39, 0.29) is 0 Å². The normalized spacial score (nSPS) is 11.3. The number of benzene rings is 14. The van der Waals surface area contributed by atoms with Crippen molar-refractivity contribution in [3.05, 3.63) is 400 Å². The highest BCUT2D eigenvalue weighted by Crippen LogP contribution is 2.42. The lowest BCUT2D eigenvalue weighted by Crippen LogP contribution is -2.14. The van der Waals surface area contributed by atoms with E-state index in [9.17, 15) is 0 Å². The summed E-state index contributed by atoms with van der Waals surface area (Å²) in [7, 11) is 0. The van der Waals surface area contributed by atoms with E-state index >= 15 is 0 Å². The molecule has 0 amide bonds. The average molecular weight is 1220 g/mol. The maximum atomic E-state index is 6.30. The molecule has 0 heterocycles. The van der Waals surface area contributed by atoms with E-state index in [1.165, 1.54) is 22.3 Å². The minimum absolute atomic E-state index is 0.797. The number of nitrogens with zero attached hydrogens (tertiary/aromatic N) is 4. The van der Waals surface area contributed by atoms with Gasteiger partial charge in [-0.05, 0) is 214 Å². The number of allylic oxidation sites excluding steroid dienone is 4. The van der Waals surface area contributed by atoms with Crippen molar-refractivity contribution < 1.29 is 0 Å². The van der Waals surface area contributed by atoms with Gasteiger partial charge in [-0.15, -0.1) is 6.42 Å². The smallest absolute Gasteiger partial charge is 0.0462 e. The quantitative estimate of drug-likeness (QED) is 0.0591. The molecule has 0 aliphatic heterocycles. The summed E-state index contributed by atoms with van der Waals surface area (Å²) < 4.78 is 0. The largest absolute Gasteiger partial charge is 0.315 e. The average Bonchev–Trinajstić information content (AvgIpc) is 0.907. The zero-order valence-corrected chi connectivity index (χ0v) is 52.8. The number of para-hydroxylation sites is 4. The van der Waals surface area contributed by atoms with E-state index in [2.05, 4.69) is 415 Å². The van der Waals surface area contributed by atoms with E-state index in [1.807, 2.05) is 6.07 Å². The molecule has 14 aromatic carbocycles. The molecule has 0 radical (unpaired) electrons. The predicted octanol–water partition coefficient (Wildman–Crippen LogP) is 25.2. The second kappa shape index (κ2) is 28.2. The van der Waals surface area contributed by atoms with Gasteiger partial charge < -0.3 is 19.6 Å². The number of anilines is 11. The minimum Gasteiger partial charge on any atom is -0.315 e. The molecule has 0 bridgehead atoms. The fourth-order valence-corrected chi connectivity index (χ4v) is 12.4. The van der Waals surface area contributed by atoms with Crippen molar-refractivity contribution >= 4 is 68.1 Å². The van der Waals surface area contributed by atoms with E-state index in [1.54, 1.807) is 0 Å². The van der Waals surface area contributed by atoms with Gasteiger partial charge in [-0.25, -0.2) is 0 Å². The Balaban J connectivity index is 0.662. The van der Waals surface area contributed by atoms with Gasteiger partial charge in [-0.3, -0.25) is 0 Å². The zero-order chi connectivity index (χ0) is 64.1. The Hall–Kier alpha value is -12.7. The molecular formula is C91H68N4. The molecule has 0 aliphatic rings. The topological polar surface area (TPSA) is 13.0 Å². The first-order valence-electron chi connectivity index (χ1n) is 32.2. The molecule has 0 N–H and O–H groups in total. The van der Waals surface area contributed by atoms with E-state index in [4.69, 9.17) is 6.42 Å². The van der Waals surface area contributed by atoms with Crippen molar-refractivity contribution in [1.29, 1.82) is 0 Å². The molecule has 452 valence electrons. The van der Waals surface area contributed by atoms with E-state index < -0.39 is 0 Å². The second-order valence-corrected chi connectivity index (χ2v) is 23.4. The van der Waals surface area contributed by atoms with Crippen LogP contribution < -0.4 is 19.6 Å². The van der Waals surface area contributed by atoms with Gasteiger partial charge in [0.15, 0.2) is 0 Å². The van der Waals surface area contributed by atoms with E-state index in [0.29, 0.717) is 0 Å². The molecule has 0 fully saturated rings. The Morgan fingerprint density at radius 3 is 0.663 bits per heavy atom. The molecule has 0 atom stereocenters. The summed E-state index contributed by atoms with van der Waals surface area (Å²) in [6, 6.07) is 134. The molecular weight excluding hydrogens is 1150 g/mol. The van der Waals surface area contributed by atoms with Gasteiger partial charge in [0.05, 0.1) is 0 Å². The highest BCUT2D eigenvalue weighted by molar-refractivity contribution is 5.86. The third-order valence-corrected chi connectivity index (χ3v) is 17.3. The first-order chi connectivity index (χ1) is 47.0. The van der Waals surface area contributed by atoms with Crippen molar-refractivity contribution in [2.75, 3.05) is 19.6 Å². The zero-order valence-electron chi connectivity index (χ0n) is 52.8. The minimum atomic E-state index is 0.797. The molecule has 0 unspecified atom stereocenters. The number of hydrogen-bond acceptors (Lipinski definition) is 4. The van der Waals surface area contributed by atoms with Gasteiger partial charge in [-0.1, -0.05) is 249 Å². The fraction of sp³-hybridized carbons (Fsp3) is 0.0110. The standard InChI is InChI=1S/C91H68N4/c1-3-69(35-34-68(2)92(81-26-14-6-15-27-81)85-54-40-77(41-55-85)78-48-62-89(63-49-78)93(82-28-16-7-17-29-82)86-56-42-74(43-57-86)70-22-10-4-11-23-70)72-36-38-73(39-37-72)76-46-60-88(61-47-76)95(84-32-20-9-21-33-84)91-66-52-80(53-67-91)79-50-64-90(65-51-79)94(83-30-18-8-19-31-83)87-58-44-75(45-59-87)71-24-12-5-13-25-71/h1,4-67H,2H3. The van der Waals surface area contributed by atoms with Gasteiger partial charge in [0, 0.05) is 73.8 Å². The van der Waals surface area contributed by atoms with Crippen molar-refractivity contribution in [2.45, 2.75) is 6.92 Å². The molecule has 0 spiro atoms. The van der Waals surface area contributed by atoms with Crippen LogP contribution in [0.25, 0.3) is 61.2 Å². The molecule has 0 saturated carbocycles. The van der Waals surface area contributed by atoms with Crippen molar-refractivity contribution in [3.8, 4) is 68.0 Å². The van der Waals surface area contributed by atoms with Crippen LogP contribution in [0.15, 0.2) is 394 Å². The number of hydrogen-bond donors (Lipinski definition) is 0. The maximum Gasteiger partial charge on any atom is 0.0462 e. The molecule has 0 aromatic heterocycles. The Morgan fingerprint density at radius 2 is 0.411 bits per heavy atom. The van der Waals surface area contributed by atoms with Crippen LogP contribution in [-0.4, -0.2) is 0 Å². The fourth-order valence-electron chi connectivity index (χ4n) is 12.4. The van der Waals surface area contributed by atoms with Crippen LogP contribution in [0.5, 0.6) is 0 Å². The first-order valence-corrected chi connectivity index (χ1v) is 32.2. The lowest BCUT2D eigenvalue weighted by atomic mass is 9.99. The Kier molecular flexibility index (Phi) is 17.8. The SMILES string of the molecule is C#CC(=CC=C(C)N(c1ccccc1)c1ccc(-c2ccc(N(c3ccccc3)c3ccc(-c4ccccc4)cc3)cc2)cc1)c1ccc(-c2ccc(N(c3ccccc3)c3ccc(-c4ccc(N(c5ccccc5)c5ccc(-c6ccccc6)cc5)cc4)cc3)cc2)cc1. The first kappa shape index (κ1) is 59.9. The second-order valence-electron chi connectivity index (χ2n) is 23.4. The van der Waals surface area contributed by atoms with Crippen LogP contribution in [-0.2, 0) is 0 Å². The van der Waals surface area contributed by atoms with Gasteiger partial charge in [0.1, 0.15) is 0 Å². The summed E-state index contributed by atoms with van der Waals surface area (Å²) >= 11 is 0. The van der Waals surface area contributed by atoms with Crippen molar-refractivity contribution in [2.24, 2.45) is 0 Å². The summed E-state index contributed by atoms with van der Waals surface area (Å²) in [5.74, 6) is 2.99. The lowest BCUT2D eigenvalue weighted by Gasteiger charge is -2.26. The summed E-state index contributed by atoms with van der Waals surface area (Å²) in [6.45, 7) is 2.13. The molecule has 4 nitrogen and oxygen atoms in total. The molecule has 0 saturated heterocycles. The summed E-state index contributed by atoms with van der Waals surface area (Å²) in [6.07, 6.45) is 10.5. The maximum absolute atomic E-state index is 6.30. The Morgan fingerprint density at radius 1 is 0.221 bits per heavy atom. The molecule has 14 rings (SSSR count). The van der Waals surface area contributed by atoms with Crippen LogP contribution in [0, 0.1) is 12.3 Å². The molecule has 95 heavy (non-hydrogen) atoms. The molecule has 14 aromatic rings. The number of terminal acetylenes is 1. The van der Waals surface area contributed by atoms with Crippen LogP contribution in [0.3, 0.4) is 0 Å². The Bertz CT molecular complexity index is 4900. The van der Waals surface area contributed by atoms with Gasteiger partial charge in [0.2, 0.25) is 0 Å². The third-order valence-electron chi connectivity index (χ3n) is 17.3. The van der Waals surface area contributed by atoms with Crippen LogP contribution in [0.4, 0.5) is 62.6 Å². The summed E-state index contributed by atoms with van der Waals surface area (Å²) in [4.78, 5) is 9.19. The van der Waals surface area contributed by atoms with Crippen LogP contribution in [0.1, 0.15) is 12.5 Å². The van der Waals surface area contributed by atoms with Gasteiger partial charge >= 0.3 is 0 Å². The third kappa shape index (κ3) is 13.5. The monoisotopic (exact) mass is 1220 g/mol. The van der Waals surface area contributed by atoms with Crippen molar-refractivity contribution in [3.63, 3.8) is 0 Å². The van der Waals surface area contributed by atoms with Crippen LogP contribution in [0.2, 0.25) is 0 Å². The number of rotatable bonds is 19. The summed E-state index contributed by atoms with van der Waals surface area (Å²) in [5, 5.41) is 0. The molecule has 0 aliphatic carbocycles. The van der Waals surface area contributed by atoms with Crippen LogP contribution >= 0.6 is 0 Å². The lowest BCUT2D eigenvalue weighted by molar-refractivity contribution is 1.16.